The lowest BCUT2D eigenvalue weighted by molar-refractivity contribution is 0.242. The van der Waals surface area contributed by atoms with E-state index < -0.39 is 10.0 Å². The minimum atomic E-state index is -3.60. The van der Waals surface area contributed by atoms with Gasteiger partial charge in [0.05, 0.1) is 6.20 Å². The Labute approximate surface area is 108 Å². The zero-order valence-electron chi connectivity index (χ0n) is 11.2. The van der Waals surface area contributed by atoms with Gasteiger partial charge in [0.1, 0.15) is 10.7 Å². The molecule has 104 valence electrons. The second kappa shape index (κ2) is 5.25. The third kappa shape index (κ3) is 3.97. The van der Waals surface area contributed by atoms with Crippen LogP contribution >= 0.6 is 0 Å². The fourth-order valence-electron chi connectivity index (χ4n) is 1.78. The van der Waals surface area contributed by atoms with Crippen molar-refractivity contribution in [3.05, 3.63) is 6.20 Å². The van der Waals surface area contributed by atoms with E-state index >= 15 is 0 Å². The first-order valence-corrected chi connectivity index (χ1v) is 7.06. The van der Waals surface area contributed by atoms with Gasteiger partial charge in [-0.15, -0.1) is 0 Å². The Hall–Kier alpha value is -1.12. The van der Waals surface area contributed by atoms with E-state index in [4.69, 9.17) is 5.73 Å². The molecule has 0 aromatic carbocycles. The molecule has 0 bridgehead atoms. The molecule has 0 unspecified atom stereocenters. The molecule has 0 spiro atoms. The standard InChI is InChI=1S/C10H21N5O2S/c1-10(2,7-15(3)4)6-13-18(16,17)8-5-12-14-9(8)11/h5,13H,6-7H2,1-4H3,(H3,11,12,14). The highest BCUT2D eigenvalue weighted by atomic mass is 32.2. The van der Waals surface area contributed by atoms with Gasteiger partial charge in [0.15, 0.2) is 0 Å². The van der Waals surface area contributed by atoms with E-state index in [9.17, 15) is 8.42 Å². The predicted octanol–water partition coefficient (Wildman–Crippen LogP) is -0.142. The maximum Gasteiger partial charge on any atom is 0.245 e. The van der Waals surface area contributed by atoms with Crippen molar-refractivity contribution in [1.82, 2.24) is 19.8 Å². The molecular weight excluding hydrogens is 254 g/mol. The second-order valence-electron chi connectivity index (χ2n) is 5.37. The highest BCUT2D eigenvalue weighted by molar-refractivity contribution is 7.89. The molecule has 0 saturated heterocycles. The predicted molar refractivity (Wildman–Crippen MR) is 70.5 cm³/mol. The average molecular weight is 275 g/mol. The Balaban J connectivity index is 2.72. The number of aromatic nitrogens is 2. The minimum absolute atomic E-state index is 0.0110. The number of nitrogens with two attached hydrogens (primary N) is 1. The largest absolute Gasteiger partial charge is 0.383 e. The van der Waals surface area contributed by atoms with Crippen molar-refractivity contribution in [3.63, 3.8) is 0 Å². The van der Waals surface area contributed by atoms with E-state index in [0.29, 0.717) is 6.54 Å². The maximum atomic E-state index is 12.0. The number of nitrogens with one attached hydrogen (secondary N) is 2. The summed E-state index contributed by atoms with van der Waals surface area (Å²) in [4.78, 5) is 2.00. The van der Waals surface area contributed by atoms with Gasteiger partial charge in [-0.1, -0.05) is 13.8 Å². The van der Waals surface area contributed by atoms with Crippen LogP contribution in [0.15, 0.2) is 11.1 Å². The van der Waals surface area contributed by atoms with Crippen LogP contribution in [0.5, 0.6) is 0 Å². The number of hydrogen-bond donors (Lipinski definition) is 3. The van der Waals surface area contributed by atoms with Crippen molar-refractivity contribution < 1.29 is 8.42 Å². The molecule has 1 heterocycles. The molecular formula is C10H21N5O2S. The fourth-order valence-corrected chi connectivity index (χ4v) is 3.04. The SMILES string of the molecule is CN(C)CC(C)(C)CNS(=O)(=O)c1cn[nH]c1N. The highest BCUT2D eigenvalue weighted by Gasteiger charge is 2.25. The molecule has 0 aliphatic rings. The van der Waals surface area contributed by atoms with Gasteiger partial charge in [-0.05, 0) is 19.5 Å². The van der Waals surface area contributed by atoms with E-state index in [0.717, 1.165) is 6.54 Å². The number of anilines is 1. The first-order valence-electron chi connectivity index (χ1n) is 5.57. The van der Waals surface area contributed by atoms with Crippen LogP contribution in [0.4, 0.5) is 5.82 Å². The van der Waals surface area contributed by atoms with Crippen LogP contribution in [0.2, 0.25) is 0 Å². The Kier molecular flexibility index (Phi) is 4.36. The van der Waals surface area contributed by atoms with Gasteiger partial charge in [0.25, 0.3) is 0 Å². The average Bonchev–Trinajstić information content (AvgIpc) is 2.61. The molecule has 0 amide bonds. The molecule has 7 nitrogen and oxygen atoms in total. The normalized spacial score (nSPS) is 13.2. The first-order chi connectivity index (χ1) is 8.14. The van der Waals surface area contributed by atoms with Crippen LogP contribution in [0.25, 0.3) is 0 Å². The van der Waals surface area contributed by atoms with E-state index in [1.165, 1.54) is 6.20 Å². The summed E-state index contributed by atoms with van der Waals surface area (Å²) in [5.41, 5.74) is 5.33. The van der Waals surface area contributed by atoms with Gasteiger partial charge in [0, 0.05) is 13.1 Å². The van der Waals surface area contributed by atoms with Crippen LogP contribution in [-0.4, -0.2) is 50.7 Å². The lowest BCUT2D eigenvalue weighted by Crippen LogP contribution is -2.40. The van der Waals surface area contributed by atoms with Crippen molar-refractivity contribution in [2.45, 2.75) is 18.7 Å². The van der Waals surface area contributed by atoms with Crippen molar-refractivity contribution in [2.75, 3.05) is 32.9 Å². The smallest absolute Gasteiger partial charge is 0.245 e. The lowest BCUT2D eigenvalue weighted by Gasteiger charge is -2.28. The summed E-state index contributed by atoms with van der Waals surface area (Å²) >= 11 is 0. The lowest BCUT2D eigenvalue weighted by atomic mass is 9.93. The van der Waals surface area contributed by atoms with Gasteiger partial charge in [0.2, 0.25) is 10.0 Å². The van der Waals surface area contributed by atoms with Crippen molar-refractivity contribution in [1.29, 1.82) is 0 Å². The molecule has 18 heavy (non-hydrogen) atoms. The molecule has 0 saturated carbocycles. The van der Waals surface area contributed by atoms with Gasteiger partial charge in [-0.2, -0.15) is 5.10 Å². The molecule has 0 atom stereocenters. The van der Waals surface area contributed by atoms with Crippen molar-refractivity contribution >= 4 is 15.8 Å². The van der Waals surface area contributed by atoms with Crippen LogP contribution in [0, 0.1) is 5.41 Å². The zero-order valence-corrected chi connectivity index (χ0v) is 12.0. The summed E-state index contributed by atoms with van der Waals surface area (Å²) in [7, 11) is 0.294. The van der Waals surface area contributed by atoms with Gasteiger partial charge in [-0.25, -0.2) is 13.1 Å². The summed E-state index contributed by atoms with van der Waals surface area (Å²) in [6, 6.07) is 0. The monoisotopic (exact) mass is 275 g/mol. The summed E-state index contributed by atoms with van der Waals surface area (Å²) in [5.74, 6) is 0.0490. The Morgan fingerprint density at radius 3 is 2.56 bits per heavy atom. The summed E-state index contributed by atoms with van der Waals surface area (Å²) in [6.07, 6.45) is 1.20. The topological polar surface area (TPSA) is 104 Å². The summed E-state index contributed by atoms with van der Waals surface area (Å²) < 4.78 is 26.5. The van der Waals surface area contributed by atoms with Crippen LogP contribution < -0.4 is 10.5 Å². The molecule has 8 heteroatoms. The number of aromatic amines is 1. The molecule has 1 aromatic rings. The highest BCUT2D eigenvalue weighted by Crippen LogP contribution is 2.18. The second-order valence-corrected chi connectivity index (χ2v) is 7.11. The molecule has 0 fully saturated rings. The number of rotatable bonds is 6. The van der Waals surface area contributed by atoms with Gasteiger partial charge >= 0.3 is 0 Å². The quantitative estimate of drug-likeness (QED) is 0.670. The van der Waals surface area contributed by atoms with Gasteiger partial charge < -0.3 is 10.6 Å². The molecule has 4 N–H and O–H groups in total. The Morgan fingerprint density at radius 2 is 2.11 bits per heavy atom. The van der Waals surface area contributed by atoms with E-state index in [2.05, 4.69) is 14.9 Å². The van der Waals surface area contributed by atoms with E-state index in [-0.39, 0.29) is 16.1 Å². The molecule has 1 aromatic heterocycles. The molecule has 1 rings (SSSR count). The van der Waals surface area contributed by atoms with Crippen LogP contribution in [0.1, 0.15) is 13.8 Å². The molecule has 0 aliphatic carbocycles. The molecule has 0 radical (unpaired) electrons. The van der Waals surface area contributed by atoms with Gasteiger partial charge in [-0.3, -0.25) is 5.10 Å². The van der Waals surface area contributed by atoms with Crippen molar-refractivity contribution in [3.8, 4) is 0 Å². The fraction of sp³-hybridized carbons (Fsp3) is 0.700. The maximum absolute atomic E-state index is 12.0. The number of H-pyrrole nitrogens is 1. The summed E-state index contributed by atoms with van der Waals surface area (Å²) in [6.45, 7) is 5.09. The van der Waals surface area contributed by atoms with Crippen LogP contribution in [0.3, 0.4) is 0 Å². The third-order valence-electron chi connectivity index (χ3n) is 2.41. The number of sulfonamides is 1. The molecule has 0 aliphatic heterocycles. The van der Waals surface area contributed by atoms with E-state index in [1.807, 2.05) is 32.8 Å². The zero-order chi connectivity index (χ0) is 14.0. The van der Waals surface area contributed by atoms with E-state index in [1.54, 1.807) is 0 Å². The van der Waals surface area contributed by atoms with Crippen molar-refractivity contribution in [2.24, 2.45) is 5.41 Å². The third-order valence-corrected chi connectivity index (χ3v) is 3.84. The Bertz CT molecular complexity index is 492. The Morgan fingerprint density at radius 1 is 1.50 bits per heavy atom. The number of nitrogens with zero attached hydrogens (tertiary/aromatic N) is 2. The summed E-state index contributed by atoms with van der Waals surface area (Å²) in [5, 5.41) is 6.01. The first kappa shape index (κ1) is 14.9. The number of nitrogen functional groups attached to an aromatic ring is 1. The minimum Gasteiger partial charge on any atom is -0.383 e. The van der Waals surface area contributed by atoms with Crippen LogP contribution in [-0.2, 0) is 10.0 Å². The number of hydrogen-bond acceptors (Lipinski definition) is 5.